The van der Waals surface area contributed by atoms with Crippen LogP contribution in [0, 0.1) is 6.92 Å². The highest BCUT2D eigenvalue weighted by Crippen LogP contribution is 2.41. The summed E-state index contributed by atoms with van der Waals surface area (Å²) in [6.45, 7) is 10.7. The quantitative estimate of drug-likeness (QED) is 0.562. The first-order valence-electron chi connectivity index (χ1n) is 10.3. The average molecular weight is 530 g/mol. The summed E-state index contributed by atoms with van der Waals surface area (Å²) in [6.07, 6.45) is -0.604. The monoisotopic (exact) mass is 529 g/mol. The fraction of sp³-hybridized carbons (Fsp3) is 0.429. The predicted octanol–water partition coefficient (Wildman–Crippen LogP) is 4.37. The Morgan fingerprint density at radius 2 is 1.88 bits per heavy atom. The highest BCUT2D eigenvalue weighted by Gasteiger charge is 2.40. The van der Waals surface area contributed by atoms with Crippen molar-refractivity contribution in [1.82, 2.24) is 20.0 Å². The minimum atomic E-state index is -4.37. The number of ether oxygens (including phenoxy) is 1. The summed E-state index contributed by atoms with van der Waals surface area (Å²) >= 11 is 12.1. The minimum Gasteiger partial charge on any atom is -0.444 e. The summed E-state index contributed by atoms with van der Waals surface area (Å²) in [5.74, 6) is -1.27. The first-order valence-corrected chi connectivity index (χ1v) is 12.5. The Balaban J connectivity index is 2.11. The van der Waals surface area contributed by atoms with Crippen molar-refractivity contribution in [2.45, 2.75) is 59.6 Å². The lowest BCUT2D eigenvalue weighted by Gasteiger charge is -2.32. The van der Waals surface area contributed by atoms with Gasteiger partial charge in [-0.15, -0.1) is 0 Å². The van der Waals surface area contributed by atoms with Crippen molar-refractivity contribution in [1.29, 1.82) is 0 Å². The van der Waals surface area contributed by atoms with Gasteiger partial charge in [0.15, 0.2) is 5.82 Å². The number of pyridine rings is 2. The summed E-state index contributed by atoms with van der Waals surface area (Å²) in [7, 11) is -4.37. The molecule has 2 amide bonds. The van der Waals surface area contributed by atoms with E-state index in [9.17, 15) is 18.0 Å². The number of carbonyl (C=O) groups excluding carboxylic acids is 2. The molecule has 2 aromatic rings. The third kappa shape index (κ3) is 5.37. The zero-order valence-corrected chi connectivity index (χ0v) is 21.8. The Kier molecular flexibility index (Phi) is 7.03. The lowest BCUT2D eigenvalue weighted by atomic mass is 10.0. The average Bonchev–Trinajstić information content (AvgIpc) is 2.67. The van der Waals surface area contributed by atoms with E-state index in [-0.39, 0.29) is 39.7 Å². The predicted molar refractivity (Wildman–Crippen MR) is 129 cm³/mol. The standard InChI is InChI=1S/C21H25Cl2N5O5S/c1-10(2)15-16(11(3)7-12(25-15)9-24-20(30)33-21(4,5)6)28-18-13(8-14(22)17(23)26-18)19(29)27-34(28,31)32/h7-8,10H,9H2,1-6H3,(H,24,30)(H,27,29). The van der Waals surface area contributed by atoms with Gasteiger partial charge in [-0.05, 0) is 51.3 Å². The molecule has 1 aliphatic heterocycles. The fourth-order valence-electron chi connectivity index (χ4n) is 3.33. The van der Waals surface area contributed by atoms with Crippen molar-refractivity contribution in [3.63, 3.8) is 0 Å². The van der Waals surface area contributed by atoms with E-state index in [4.69, 9.17) is 27.9 Å². The molecule has 0 atom stereocenters. The fourth-order valence-corrected chi connectivity index (χ4v) is 4.90. The molecular weight excluding hydrogens is 505 g/mol. The molecular formula is C21H25Cl2N5O5S. The smallest absolute Gasteiger partial charge is 0.407 e. The lowest BCUT2D eigenvalue weighted by Crippen LogP contribution is -2.47. The summed E-state index contributed by atoms with van der Waals surface area (Å²) in [5.41, 5.74) is 0.962. The van der Waals surface area contributed by atoms with E-state index in [2.05, 4.69) is 15.3 Å². The van der Waals surface area contributed by atoms with Crippen LogP contribution >= 0.6 is 23.2 Å². The zero-order chi connectivity index (χ0) is 25.6. The van der Waals surface area contributed by atoms with Crippen LogP contribution in [0.3, 0.4) is 0 Å². The number of halogens is 2. The molecule has 13 heteroatoms. The molecule has 10 nitrogen and oxygen atoms in total. The van der Waals surface area contributed by atoms with E-state index in [1.807, 2.05) is 18.6 Å². The van der Waals surface area contributed by atoms with E-state index >= 15 is 0 Å². The number of nitrogens with zero attached hydrogens (tertiary/aromatic N) is 3. The van der Waals surface area contributed by atoms with Crippen LogP contribution in [0.2, 0.25) is 10.2 Å². The van der Waals surface area contributed by atoms with E-state index < -0.39 is 27.8 Å². The molecule has 0 bridgehead atoms. The molecule has 0 saturated heterocycles. The summed E-state index contributed by atoms with van der Waals surface area (Å²) in [5, 5.41) is 2.51. The Morgan fingerprint density at radius 1 is 1.24 bits per heavy atom. The lowest BCUT2D eigenvalue weighted by molar-refractivity contribution is 0.0522. The van der Waals surface area contributed by atoms with Crippen LogP contribution in [0.25, 0.3) is 0 Å². The Labute approximate surface area is 208 Å². The van der Waals surface area contributed by atoms with Gasteiger partial charge in [-0.25, -0.2) is 18.8 Å². The van der Waals surface area contributed by atoms with Crippen molar-refractivity contribution in [2.75, 3.05) is 4.31 Å². The molecule has 0 aromatic carbocycles. The van der Waals surface area contributed by atoms with Crippen LogP contribution in [0.4, 0.5) is 16.3 Å². The van der Waals surface area contributed by atoms with Crippen LogP contribution < -0.4 is 14.3 Å². The number of aryl methyl sites for hydroxylation is 1. The summed E-state index contributed by atoms with van der Waals surface area (Å²) < 4.78 is 34.3. The molecule has 2 N–H and O–H groups in total. The van der Waals surface area contributed by atoms with Gasteiger partial charge in [-0.3, -0.25) is 9.78 Å². The van der Waals surface area contributed by atoms with E-state index in [1.165, 1.54) is 6.07 Å². The summed E-state index contributed by atoms with van der Waals surface area (Å²) in [6, 6.07) is 2.90. The van der Waals surface area contributed by atoms with Gasteiger partial charge in [-0.1, -0.05) is 37.0 Å². The van der Waals surface area contributed by atoms with Crippen molar-refractivity contribution >= 4 is 56.9 Å². The molecule has 3 rings (SSSR count). The number of anilines is 2. The molecule has 0 radical (unpaired) electrons. The molecule has 34 heavy (non-hydrogen) atoms. The van der Waals surface area contributed by atoms with Crippen molar-refractivity contribution in [3.8, 4) is 0 Å². The number of rotatable bonds is 4. The number of nitrogens with one attached hydrogen (secondary N) is 2. The van der Waals surface area contributed by atoms with Crippen molar-refractivity contribution in [2.24, 2.45) is 0 Å². The number of aromatic nitrogens is 2. The van der Waals surface area contributed by atoms with Crippen LogP contribution in [0.1, 0.15) is 67.8 Å². The zero-order valence-electron chi connectivity index (χ0n) is 19.5. The van der Waals surface area contributed by atoms with Crippen molar-refractivity contribution in [3.05, 3.63) is 44.8 Å². The molecule has 0 aliphatic carbocycles. The Bertz CT molecular complexity index is 1280. The van der Waals surface area contributed by atoms with Gasteiger partial charge in [0, 0.05) is 0 Å². The van der Waals surface area contributed by atoms with Crippen LogP contribution in [-0.2, 0) is 21.5 Å². The number of amides is 2. The second-order valence-corrected chi connectivity index (χ2v) is 11.3. The molecule has 184 valence electrons. The molecule has 2 aromatic heterocycles. The van der Waals surface area contributed by atoms with Gasteiger partial charge in [0.1, 0.15) is 10.8 Å². The third-order valence-corrected chi connectivity index (χ3v) is 6.59. The third-order valence-electron chi connectivity index (χ3n) is 4.64. The van der Waals surface area contributed by atoms with E-state index in [0.29, 0.717) is 17.0 Å². The van der Waals surface area contributed by atoms with Gasteiger partial charge in [0.25, 0.3) is 5.91 Å². The maximum atomic E-state index is 13.1. The number of alkyl carbamates (subject to hydrolysis) is 1. The van der Waals surface area contributed by atoms with E-state index in [1.54, 1.807) is 33.8 Å². The number of fused-ring (bicyclic) bond motifs is 1. The first kappa shape index (κ1) is 26.0. The Hall–Kier alpha value is -2.63. The molecule has 0 fully saturated rings. The molecule has 1 aliphatic rings. The minimum absolute atomic E-state index is 0.0114. The molecule has 0 spiro atoms. The topological polar surface area (TPSA) is 131 Å². The summed E-state index contributed by atoms with van der Waals surface area (Å²) in [4.78, 5) is 33.2. The SMILES string of the molecule is Cc1cc(CNC(=O)OC(C)(C)C)nc(C(C)C)c1N1c2nc(Cl)c(Cl)cc2C(=O)NS1(=O)=O. The van der Waals surface area contributed by atoms with Gasteiger partial charge < -0.3 is 10.1 Å². The number of hydrogen-bond acceptors (Lipinski definition) is 7. The normalized spacial score (nSPS) is 15.1. The van der Waals surface area contributed by atoms with E-state index in [0.717, 1.165) is 4.31 Å². The maximum absolute atomic E-state index is 13.1. The molecule has 0 unspecified atom stereocenters. The second kappa shape index (κ2) is 9.20. The van der Waals surface area contributed by atoms with Crippen LogP contribution in [0.15, 0.2) is 12.1 Å². The highest BCUT2D eigenvalue weighted by molar-refractivity contribution is 7.92. The Morgan fingerprint density at radius 3 is 2.47 bits per heavy atom. The molecule has 0 saturated carbocycles. The van der Waals surface area contributed by atoms with Gasteiger partial charge >= 0.3 is 16.3 Å². The largest absolute Gasteiger partial charge is 0.444 e. The number of hydrogen-bond donors (Lipinski definition) is 2. The van der Waals surface area contributed by atoms with Crippen LogP contribution in [0.5, 0.6) is 0 Å². The first-order chi connectivity index (χ1) is 15.6. The molecule has 3 heterocycles. The second-order valence-electron chi connectivity index (χ2n) is 9.01. The highest BCUT2D eigenvalue weighted by atomic mass is 35.5. The van der Waals surface area contributed by atoms with Crippen molar-refractivity contribution < 1.29 is 22.7 Å². The van der Waals surface area contributed by atoms with Gasteiger partial charge in [0.05, 0.1) is 34.2 Å². The maximum Gasteiger partial charge on any atom is 0.407 e. The van der Waals surface area contributed by atoms with Crippen LogP contribution in [-0.4, -0.2) is 36.0 Å². The van der Waals surface area contributed by atoms with Gasteiger partial charge in [-0.2, -0.15) is 8.42 Å². The van der Waals surface area contributed by atoms with Gasteiger partial charge in [0.2, 0.25) is 0 Å². The number of carbonyl (C=O) groups is 2.